The first-order valence-corrected chi connectivity index (χ1v) is 14.6. The number of aromatic nitrogens is 3. The lowest BCUT2D eigenvalue weighted by atomic mass is 10.2. The number of nitrogens with zero attached hydrogens (tertiary/aromatic N) is 4. The van der Waals surface area contributed by atoms with Gasteiger partial charge in [-0.2, -0.15) is 4.90 Å². The van der Waals surface area contributed by atoms with Gasteiger partial charge in [-0.05, 0) is 82.6 Å². The third kappa shape index (κ3) is 9.41. The van der Waals surface area contributed by atoms with Crippen molar-refractivity contribution in [2.75, 3.05) is 36.4 Å². The molecular formula is C30H37BrN6O8. The molecular weight excluding hydrogens is 652 g/mol. The second-order valence-corrected chi connectivity index (χ2v) is 12.0. The summed E-state index contributed by atoms with van der Waals surface area (Å²) in [6.07, 6.45) is -2.16. The predicted molar refractivity (Wildman–Crippen MR) is 171 cm³/mol. The summed E-state index contributed by atoms with van der Waals surface area (Å²) in [6.45, 7) is 12.0. The zero-order valence-corrected chi connectivity index (χ0v) is 28.2. The molecule has 2 aromatic heterocycles. The molecule has 0 aliphatic heterocycles. The number of anilines is 4. The molecule has 0 aliphatic rings. The zero-order chi connectivity index (χ0) is 33.5. The molecule has 2 N–H and O–H groups in total. The molecule has 0 aliphatic carbocycles. The Morgan fingerprint density at radius 2 is 1.38 bits per heavy atom. The van der Waals surface area contributed by atoms with Crippen molar-refractivity contribution >= 4 is 57.2 Å². The van der Waals surface area contributed by atoms with E-state index >= 15 is 0 Å². The highest BCUT2D eigenvalue weighted by Crippen LogP contribution is 2.39. The summed E-state index contributed by atoms with van der Waals surface area (Å²) in [6, 6.07) is 9.81. The topological polar surface area (TPSA) is 163 Å². The van der Waals surface area contributed by atoms with E-state index in [1.165, 1.54) is 20.3 Å². The Morgan fingerprint density at radius 1 is 0.822 bits per heavy atom. The lowest BCUT2D eigenvalue weighted by Crippen LogP contribution is -2.44. The molecule has 0 saturated heterocycles. The summed E-state index contributed by atoms with van der Waals surface area (Å²) >= 11 is 3.33. The number of halogens is 1. The van der Waals surface area contributed by atoms with Crippen molar-refractivity contribution in [2.24, 2.45) is 0 Å². The number of hydrogen-bond acceptors (Lipinski definition) is 12. The largest absolute Gasteiger partial charge is 0.494 e. The van der Waals surface area contributed by atoms with E-state index in [-0.39, 0.29) is 33.6 Å². The highest BCUT2D eigenvalue weighted by atomic mass is 79.9. The van der Waals surface area contributed by atoms with Crippen LogP contribution in [0.1, 0.15) is 59.0 Å². The maximum atomic E-state index is 13.4. The number of nitrogens with one attached hydrogen (secondary N) is 2. The van der Waals surface area contributed by atoms with Crippen LogP contribution in [0.3, 0.4) is 0 Å². The highest BCUT2D eigenvalue weighted by molar-refractivity contribution is 9.10. The van der Waals surface area contributed by atoms with E-state index < -0.39 is 29.3 Å². The maximum absolute atomic E-state index is 13.4. The van der Waals surface area contributed by atoms with Gasteiger partial charge in [0, 0.05) is 6.07 Å². The maximum Gasteiger partial charge on any atom is 0.425 e. The van der Waals surface area contributed by atoms with Gasteiger partial charge in [0.05, 0.1) is 20.8 Å². The number of imide groups is 1. The summed E-state index contributed by atoms with van der Waals surface area (Å²) in [5.74, 6) is -0.167. The third-order valence-electron chi connectivity index (χ3n) is 5.35. The van der Waals surface area contributed by atoms with Crippen molar-refractivity contribution in [3.63, 3.8) is 0 Å². The normalized spacial score (nSPS) is 11.2. The molecule has 0 unspecified atom stereocenters. The number of rotatable bonds is 9. The average molecular weight is 690 g/mol. The Hall–Kier alpha value is -4.66. The molecule has 0 radical (unpaired) electrons. The van der Waals surface area contributed by atoms with Crippen molar-refractivity contribution in [1.82, 2.24) is 15.0 Å². The molecule has 0 spiro atoms. The van der Waals surface area contributed by atoms with Crippen LogP contribution >= 0.6 is 15.9 Å². The van der Waals surface area contributed by atoms with Gasteiger partial charge in [-0.25, -0.2) is 24.5 Å². The van der Waals surface area contributed by atoms with E-state index in [0.717, 1.165) is 0 Å². The van der Waals surface area contributed by atoms with E-state index in [2.05, 4.69) is 41.5 Å². The first-order valence-electron chi connectivity index (χ1n) is 13.8. The Balaban J connectivity index is 2.22. The lowest BCUT2D eigenvalue weighted by Gasteiger charge is -2.28. The Bertz CT molecular complexity index is 1500. The minimum absolute atomic E-state index is 0.00364. The van der Waals surface area contributed by atoms with Crippen LogP contribution in [0.5, 0.6) is 17.4 Å². The highest BCUT2D eigenvalue weighted by Gasteiger charge is 2.36. The predicted octanol–water partition coefficient (Wildman–Crippen LogP) is 6.72. The number of hydrogen-bond donors (Lipinski definition) is 2. The van der Waals surface area contributed by atoms with Crippen molar-refractivity contribution < 1.29 is 38.1 Å². The van der Waals surface area contributed by atoms with Crippen LogP contribution in [0.2, 0.25) is 0 Å². The van der Waals surface area contributed by atoms with E-state index in [4.69, 9.17) is 23.7 Å². The summed E-state index contributed by atoms with van der Waals surface area (Å²) in [5, 5.41) is 5.74. The fourth-order valence-corrected chi connectivity index (χ4v) is 4.06. The number of ether oxygens (including phenoxy) is 5. The van der Waals surface area contributed by atoms with Gasteiger partial charge in [-0.3, -0.25) is 4.79 Å². The summed E-state index contributed by atoms with van der Waals surface area (Å²) in [5.41, 5.74) is -1.59. The van der Waals surface area contributed by atoms with Crippen molar-refractivity contribution in [1.29, 1.82) is 0 Å². The van der Waals surface area contributed by atoms with E-state index in [1.807, 2.05) is 0 Å². The van der Waals surface area contributed by atoms with Crippen LogP contribution < -0.4 is 29.7 Å². The molecule has 15 heteroatoms. The number of carbonyl (C=O) groups is 3. The molecule has 14 nitrogen and oxygen atoms in total. The fraction of sp³-hybridized carbons (Fsp3) is 0.400. The number of methoxy groups -OCH3 is 2. The molecule has 3 amide bonds. The van der Waals surface area contributed by atoms with Crippen LogP contribution in [0, 0.1) is 0 Å². The van der Waals surface area contributed by atoms with Crippen LogP contribution in [-0.4, -0.2) is 65.1 Å². The molecule has 242 valence electrons. The molecule has 0 atom stereocenters. The van der Waals surface area contributed by atoms with Crippen LogP contribution in [0.4, 0.5) is 32.7 Å². The van der Waals surface area contributed by atoms with Crippen molar-refractivity contribution in [3.05, 3.63) is 46.7 Å². The molecule has 0 fully saturated rings. The second kappa shape index (κ2) is 14.4. The van der Waals surface area contributed by atoms with Crippen LogP contribution in [-0.2, 0) is 9.47 Å². The average Bonchev–Trinajstić information content (AvgIpc) is 2.93. The molecule has 2 heterocycles. The van der Waals surface area contributed by atoms with Gasteiger partial charge in [0.2, 0.25) is 5.88 Å². The number of pyridine rings is 1. The van der Waals surface area contributed by atoms with Gasteiger partial charge in [-0.1, -0.05) is 12.1 Å². The summed E-state index contributed by atoms with van der Waals surface area (Å²) in [7, 11) is 2.95. The number of benzene rings is 1. The third-order valence-corrected chi connectivity index (χ3v) is 5.88. The summed E-state index contributed by atoms with van der Waals surface area (Å²) in [4.78, 5) is 54.0. The monoisotopic (exact) mass is 688 g/mol. The van der Waals surface area contributed by atoms with Gasteiger partial charge < -0.3 is 34.3 Å². The van der Waals surface area contributed by atoms with Gasteiger partial charge in [0.1, 0.15) is 34.1 Å². The number of carbonyl (C=O) groups excluding carboxylic acids is 3. The SMILES string of the molecule is CCOc1cccc(C(=O)Nc2nc(N(C(=O)OC(C)(C)C)C(=O)OC(C)(C)C)c(Br)nc2Nc2c(OC)cccc2OC)n1. The second-order valence-electron chi connectivity index (χ2n) is 11.2. The van der Waals surface area contributed by atoms with E-state index in [1.54, 1.807) is 78.8 Å². The Morgan fingerprint density at radius 3 is 1.89 bits per heavy atom. The Kier molecular flexibility index (Phi) is 11.2. The van der Waals surface area contributed by atoms with Gasteiger partial charge in [-0.15, -0.1) is 0 Å². The fourth-order valence-electron chi connectivity index (χ4n) is 3.62. The summed E-state index contributed by atoms with van der Waals surface area (Å²) < 4.78 is 27.3. The quantitative estimate of drug-likeness (QED) is 0.244. The van der Waals surface area contributed by atoms with Gasteiger partial charge in [0.15, 0.2) is 22.1 Å². The minimum Gasteiger partial charge on any atom is -0.494 e. The lowest BCUT2D eigenvalue weighted by molar-refractivity contribution is 0.0428. The van der Waals surface area contributed by atoms with E-state index in [0.29, 0.717) is 28.7 Å². The van der Waals surface area contributed by atoms with Crippen molar-refractivity contribution in [3.8, 4) is 17.4 Å². The standard InChI is InChI=1S/C30H37BrN6O8/c1-10-43-20-16-11-13-17(32-20)26(38)36-24-23(33-21-18(41-8)14-12-15-19(21)42-9)34-22(31)25(35-24)37(27(39)44-29(2,3)4)28(40)45-30(5,6)7/h11-16H,10H2,1-9H3,(H,33,34)(H,35,36,38). The smallest absolute Gasteiger partial charge is 0.425 e. The van der Waals surface area contributed by atoms with E-state index in [9.17, 15) is 14.4 Å². The van der Waals surface area contributed by atoms with Crippen LogP contribution in [0.15, 0.2) is 41.0 Å². The molecule has 3 aromatic rings. The van der Waals surface area contributed by atoms with Crippen LogP contribution in [0.25, 0.3) is 0 Å². The number of amides is 3. The number of para-hydroxylation sites is 1. The first-order chi connectivity index (χ1) is 21.1. The zero-order valence-electron chi connectivity index (χ0n) is 26.6. The Labute approximate surface area is 269 Å². The van der Waals surface area contributed by atoms with Gasteiger partial charge >= 0.3 is 12.2 Å². The first kappa shape index (κ1) is 34.8. The van der Waals surface area contributed by atoms with Gasteiger partial charge in [0.25, 0.3) is 5.91 Å². The molecule has 0 bridgehead atoms. The molecule has 3 rings (SSSR count). The molecule has 45 heavy (non-hydrogen) atoms. The minimum atomic E-state index is -1.08. The molecule has 0 saturated carbocycles. The molecule has 1 aromatic carbocycles. The van der Waals surface area contributed by atoms with Crippen molar-refractivity contribution in [2.45, 2.75) is 59.7 Å².